The number of fused-ring (bicyclic) bond motifs is 1. The van der Waals surface area contributed by atoms with Crippen LogP contribution in [0.4, 0.5) is 0 Å². The molecule has 0 saturated heterocycles. The first kappa shape index (κ1) is 12.0. The van der Waals surface area contributed by atoms with E-state index >= 15 is 0 Å². The van der Waals surface area contributed by atoms with E-state index < -0.39 is 18.1 Å². The van der Waals surface area contributed by atoms with E-state index in [0.717, 1.165) is 10.1 Å². The number of thiophene rings is 1. The maximum Gasteiger partial charge on any atom is 0.220 e. The summed E-state index contributed by atoms with van der Waals surface area (Å²) in [7, 11) is 0. The smallest absolute Gasteiger partial charge is 0.220 e. The van der Waals surface area contributed by atoms with Crippen molar-refractivity contribution in [3.63, 3.8) is 0 Å². The summed E-state index contributed by atoms with van der Waals surface area (Å²) in [6, 6.07) is 7.41. The third-order valence-corrected chi connectivity index (χ3v) is 3.48. The number of carbonyl (C=O) groups is 1. The number of rotatable bonds is 4. The molecular formula is C12H13NO3S. The van der Waals surface area contributed by atoms with Gasteiger partial charge in [-0.15, -0.1) is 11.3 Å². The monoisotopic (exact) mass is 251 g/mol. The van der Waals surface area contributed by atoms with Gasteiger partial charge in [0.25, 0.3) is 0 Å². The normalized spacial score (nSPS) is 14.7. The molecule has 90 valence electrons. The van der Waals surface area contributed by atoms with Crippen LogP contribution in [-0.2, 0) is 4.79 Å². The predicted octanol–water partition coefficient (Wildman–Crippen LogP) is 1.17. The van der Waals surface area contributed by atoms with E-state index in [9.17, 15) is 15.0 Å². The van der Waals surface area contributed by atoms with Crippen molar-refractivity contribution in [3.8, 4) is 0 Å². The minimum Gasteiger partial charge on any atom is -0.390 e. The Morgan fingerprint density at radius 1 is 1.35 bits per heavy atom. The van der Waals surface area contributed by atoms with Crippen LogP contribution in [0.2, 0.25) is 0 Å². The molecule has 0 saturated carbocycles. The lowest BCUT2D eigenvalue weighted by molar-refractivity contribution is -0.121. The number of primary amides is 1. The van der Waals surface area contributed by atoms with Crippen molar-refractivity contribution in [1.29, 1.82) is 0 Å². The first-order valence-electron chi connectivity index (χ1n) is 5.19. The van der Waals surface area contributed by atoms with Crippen LogP contribution >= 0.6 is 11.3 Å². The van der Waals surface area contributed by atoms with Crippen molar-refractivity contribution in [2.45, 2.75) is 18.6 Å². The van der Waals surface area contributed by atoms with Crippen LogP contribution in [0.25, 0.3) is 10.1 Å². The lowest BCUT2D eigenvalue weighted by Crippen LogP contribution is -2.25. The molecule has 0 aliphatic heterocycles. The van der Waals surface area contributed by atoms with Gasteiger partial charge in [0.1, 0.15) is 6.10 Å². The molecule has 2 atom stereocenters. The molecule has 0 aliphatic carbocycles. The molecule has 4 N–H and O–H groups in total. The molecule has 0 fully saturated rings. The molecule has 0 bridgehead atoms. The first-order chi connectivity index (χ1) is 8.08. The third kappa shape index (κ3) is 2.63. The van der Waals surface area contributed by atoms with Gasteiger partial charge < -0.3 is 15.9 Å². The van der Waals surface area contributed by atoms with Gasteiger partial charge in [-0.1, -0.05) is 12.1 Å². The molecule has 0 aliphatic rings. The summed E-state index contributed by atoms with van der Waals surface area (Å²) < 4.78 is 1.04. The summed E-state index contributed by atoms with van der Waals surface area (Å²) in [6.45, 7) is 0. The van der Waals surface area contributed by atoms with Crippen LogP contribution in [0.15, 0.2) is 29.6 Å². The van der Waals surface area contributed by atoms with Gasteiger partial charge in [-0.05, 0) is 28.5 Å². The molecule has 1 aromatic carbocycles. The molecule has 5 heteroatoms. The Hall–Kier alpha value is -1.43. The molecule has 1 amide bonds. The zero-order chi connectivity index (χ0) is 12.4. The molecule has 0 spiro atoms. The Labute approximate surface area is 102 Å². The van der Waals surface area contributed by atoms with Gasteiger partial charge in [0, 0.05) is 4.70 Å². The Balaban J connectivity index is 2.23. The fourth-order valence-corrected chi connectivity index (χ4v) is 2.53. The van der Waals surface area contributed by atoms with Crippen LogP contribution in [0.5, 0.6) is 0 Å². The second kappa shape index (κ2) is 4.83. The molecule has 17 heavy (non-hydrogen) atoms. The minimum atomic E-state index is -1.16. The van der Waals surface area contributed by atoms with Crippen molar-refractivity contribution >= 4 is 27.3 Å². The lowest BCUT2D eigenvalue weighted by Gasteiger charge is -2.16. The minimum absolute atomic E-state index is 0.246. The number of aliphatic hydroxyl groups excluding tert-OH is 2. The summed E-state index contributed by atoms with van der Waals surface area (Å²) >= 11 is 1.56. The number of nitrogens with two attached hydrogens (primary N) is 1. The molecule has 0 radical (unpaired) electrons. The van der Waals surface area contributed by atoms with Crippen LogP contribution in [0.3, 0.4) is 0 Å². The van der Waals surface area contributed by atoms with E-state index in [1.54, 1.807) is 17.4 Å². The van der Waals surface area contributed by atoms with Crippen LogP contribution < -0.4 is 5.73 Å². The second-order valence-corrected chi connectivity index (χ2v) is 4.85. The number of benzene rings is 1. The van der Waals surface area contributed by atoms with Crippen LogP contribution in [0, 0.1) is 0 Å². The topological polar surface area (TPSA) is 83.6 Å². The summed E-state index contributed by atoms with van der Waals surface area (Å²) in [5.74, 6) is -0.631. The van der Waals surface area contributed by atoms with Crippen molar-refractivity contribution in [1.82, 2.24) is 0 Å². The fourth-order valence-electron chi connectivity index (χ4n) is 1.70. The van der Waals surface area contributed by atoms with Crippen molar-refractivity contribution in [3.05, 3.63) is 35.2 Å². The van der Waals surface area contributed by atoms with Gasteiger partial charge in [-0.25, -0.2) is 0 Å². The first-order valence-corrected chi connectivity index (χ1v) is 6.07. The van der Waals surface area contributed by atoms with Gasteiger partial charge in [0.05, 0.1) is 12.5 Å². The number of hydrogen-bond acceptors (Lipinski definition) is 4. The molecule has 4 nitrogen and oxygen atoms in total. The summed E-state index contributed by atoms with van der Waals surface area (Å²) in [5.41, 5.74) is 5.57. The highest BCUT2D eigenvalue weighted by molar-refractivity contribution is 7.17. The van der Waals surface area contributed by atoms with Crippen LogP contribution in [-0.4, -0.2) is 22.2 Å². The van der Waals surface area contributed by atoms with E-state index in [4.69, 9.17) is 5.73 Å². The molecule has 1 aromatic heterocycles. The highest BCUT2D eigenvalue weighted by Gasteiger charge is 2.20. The number of amides is 1. The highest BCUT2D eigenvalue weighted by Crippen LogP contribution is 2.26. The van der Waals surface area contributed by atoms with E-state index in [1.807, 2.05) is 23.6 Å². The molecular weight excluding hydrogens is 238 g/mol. The molecule has 1 heterocycles. The lowest BCUT2D eigenvalue weighted by atomic mass is 10.0. The standard InChI is InChI=1S/C12H13NO3S/c13-11(15)6-9(14)12(16)8-2-1-7-3-4-17-10(7)5-8/h1-5,9,12,14,16H,6H2,(H2,13,15). The average molecular weight is 251 g/mol. The third-order valence-electron chi connectivity index (χ3n) is 2.60. The Morgan fingerprint density at radius 2 is 2.12 bits per heavy atom. The Kier molecular flexibility index (Phi) is 3.42. The maximum absolute atomic E-state index is 10.7. The van der Waals surface area contributed by atoms with E-state index in [-0.39, 0.29) is 6.42 Å². The fraction of sp³-hybridized carbons (Fsp3) is 0.250. The van der Waals surface area contributed by atoms with E-state index in [1.165, 1.54) is 0 Å². The SMILES string of the molecule is NC(=O)CC(O)C(O)c1ccc2ccsc2c1. The number of carbonyl (C=O) groups excluding carboxylic acids is 1. The van der Waals surface area contributed by atoms with Crippen molar-refractivity contribution < 1.29 is 15.0 Å². The average Bonchev–Trinajstić information content (AvgIpc) is 2.73. The highest BCUT2D eigenvalue weighted by atomic mass is 32.1. The largest absolute Gasteiger partial charge is 0.390 e. The number of aliphatic hydroxyl groups is 2. The van der Waals surface area contributed by atoms with Crippen LogP contribution in [0.1, 0.15) is 18.1 Å². The zero-order valence-electron chi connectivity index (χ0n) is 9.04. The van der Waals surface area contributed by atoms with Gasteiger partial charge in [0.2, 0.25) is 5.91 Å². The zero-order valence-corrected chi connectivity index (χ0v) is 9.85. The molecule has 2 aromatic rings. The maximum atomic E-state index is 10.7. The molecule has 2 unspecified atom stereocenters. The Bertz CT molecular complexity index is 537. The quantitative estimate of drug-likeness (QED) is 0.762. The van der Waals surface area contributed by atoms with Gasteiger partial charge in [0.15, 0.2) is 0 Å². The van der Waals surface area contributed by atoms with Gasteiger partial charge >= 0.3 is 0 Å². The van der Waals surface area contributed by atoms with Gasteiger partial charge in [-0.3, -0.25) is 4.79 Å². The summed E-state index contributed by atoms with van der Waals surface area (Å²) in [4.78, 5) is 10.7. The van der Waals surface area contributed by atoms with Crippen molar-refractivity contribution in [2.75, 3.05) is 0 Å². The number of hydrogen-bond donors (Lipinski definition) is 3. The summed E-state index contributed by atoms with van der Waals surface area (Å²) in [6.07, 6.45) is -2.50. The van der Waals surface area contributed by atoms with E-state index in [2.05, 4.69) is 0 Å². The van der Waals surface area contributed by atoms with E-state index in [0.29, 0.717) is 5.56 Å². The van der Waals surface area contributed by atoms with Crippen molar-refractivity contribution in [2.24, 2.45) is 5.73 Å². The summed E-state index contributed by atoms with van der Waals surface area (Å²) in [5, 5.41) is 22.6. The predicted molar refractivity (Wildman–Crippen MR) is 66.6 cm³/mol. The Morgan fingerprint density at radius 3 is 2.82 bits per heavy atom. The van der Waals surface area contributed by atoms with Gasteiger partial charge in [-0.2, -0.15) is 0 Å². The molecule has 2 rings (SSSR count). The second-order valence-electron chi connectivity index (χ2n) is 3.90.